The van der Waals surface area contributed by atoms with Crippen molar-refractivity contribution in [3.05, 3.63) is 35.4 Å². The molecular formula is C15H17F3N2O3. The average molecular weight is 330 g/mol. The molecule has 0 heterocycles. The number of alkyl halides is 3. The lowest BCUT2D eigenvalue weighted by Crippen LogP contribution is -2.22. The molecule has 1 aromatic rings. The summed E-state index contributed by atoms with van der Waals surface area (Å²) in [6.07, 6.45) is -2.56. The maximum absolute atomic E-state index is 11.4. The van der Waals surface area contributed by atoms with Gasteiger partial charge in [0.1, 0.15) is 0 Å². The number of rotatable bonds is 5. The van der Waals surface area contributed by atoms with Gasteiger partial charge in [0.15, 0.2) is 0 Å². The van der Waals surface area contributed by atoms with Crippen LogP contribution >= 0.6 is 0 Å². The summed E-state index contributed by atoms with van der Waals surface area (Å²) in [5.74, 6) is -2.68. The molecule has 0 saturated heterocycles. The van der Waals surface area contributed by atoms with Crippen LogP contribution in [0.5, 0.6) is 0 Å². The first-order chi connectivity index (χ1) is 10.7. The minimum Gasteiger partial charge on any atom is -0.475 e. The molecule has 126 valence electrons. The SMILES string of the molecule is CCCCC(=O)NCc1cccc(C#N)c1.O=C(O)C(F)(F)F. The molecule has 0 aliphatic heterocycles. The van der Waals surface area contributed by atoms with Gasteiger partial charge in [0, 0.05) is 13.0 Å². The second-order valence-corrected chi connectivity index (χ2v) is 4.50. The fourth-order valence-electron chi connectivity index (χ4n) is 1.38. The van der Waals surface area contributed by atoms with Gasteiger partial charge in [0.05, 0.1) is 11.6 Å². The highest BCUT2D eigenvalue weighted by atomic mass is 19.4. The predicted octanol–water partition coefficient (Wildman–Crippen LogP) is 3.00. The second-order valence-electron chi connectivity index (χ2n) is 4.50. The number of aliphatic carboxylic acids is 1. The summed E-state index contributed by atoms with van der Waals surface area (Å²) in [7, 11) is 0. The van der Waals surface area contributed by atoms with E-state index < -0.39 is 12.1 Å². The molecule has 1 rings (SSSR count). The van der Waals surface area contributed by atoms with E-state index in [0.717, 1.165) is 18.4 Å². The quantitative estimate of drug-likeness (QED) is 0.868. The number of hydrogen-bond donors (Lipinski definition) is 2. The first-order valence-electron chi connectivity index (χ1n) is 6.76. The van der Waals surface area contributed by atoms with Crippen LogP contribution in [0, 0.1) is 11.3 Å². The zero-order valence-corrected chi connectivity index (χ0v) is 12.5. The summed E-state index contributed by atoms with van der Waals surface area (Å²) in [6.45, 7) is 2.56. The van der Waals surface area contributed by atoms with Crippen molar-refractivity contribution >= 4 is 11.9 Å². The van der Waals surface area contributed by atoms with Gasteiger partial charge in [-0.1, -0.05) is 25.5 Å². The highest BCUT2D eigenvalue weighted by Gasteiger charge is 2.38. The fraction of sp³-hybridized carbons (Fsp3) is 0.400. The number of nitrogens with zero attached hydrogens (tertiary/aromatic N) is 1. The molecule has 0 spiro atoms. The van der Waals surface area contributed by atoms with Crippen molar-refractivity contribution in [2.45, 2.75) is 38.9 Å². The highest BCUT2D eigenvalue weighted by Crippen LogP contribution is 2.13. The standard InChI is InChI=1S/C13H16N2O.C2HF3O2/c1-2-3-7-13(16)15-10-12-6-4-5-11(8-12)9-14;3-2(4,5)1(6)7/h4-6,8H,2-3,7,10H2,1H3,(H,15,16);(H,6,7). The van der Waals surface area contributed by atoms with Crippen LogP contribution in [0.15, 0.2) is 24.3 Å². The molecule has 1 aromatic carbocycles. The van der Waals surface area contributed by atoms with Gasteiger partial charge in [-0.3, -0.25) is 4.79 Å². The molecule has 1 amide bonds. The third-order valence-electron chi connectivity index (χ3n) is 2.55. The molecule has 0 fully saturated rings. The van der Waals surface area contributed by atoms with Gasteiger partial charge in [0.2, 0.25) is 5.91 Å². The first-order valence-corrected chi connectivity index (χ1v) is 6.76. The Labute approximate surface area is 131 Å². The van der Waals surface area contributed by atoms with Gasteiger partial charge in [-0.25, -0.2) is 4.79 Å². The molecule has 0 saturated carbocycles. The van der Waals surface area contributed by atoms with Gasteiger partial charge in [-0.15, -0.1) is 0 Å². The number of carbonyl (C=O) groups excluding carboxylic acids is 1. The number of amides is 1. The van der Waals surface area contributed by atoms with Gasteiger partial charge in [-0.2, -0.15) is 18.4 Å². The van der Waals surface area contributed by atoms with Gasteiger partial charge >= 0.3 is 12.1 Å². The van der Waals surface area contributed by atoms with Crippen molar-refractivity contribution in [1.29, 1.82) is 5.26 Å². The molecule has 0 unspecified atom stereocenters. The van der Waals surface area contributed by atoms with Crippen molar-refractivity contribution in [2.24, 2.45) is 0 Å². The Morgan fingerprint density at radius 3 is 2.43 bits per heavy atom. The zero-order chi connectivity index (χ0) is 17.9. The van der Waals surface area contributed by atoms with Gasteiger partial charge in [0.25, 0.3) is 0 Å². The number of halogens is 3. The maximum Gasteiger partial charge on any atom is 0.490 e. The van der Waals surface area contributed by atoms with Crippen LogP contribution < -0.4 is 5.32 Å². The van der Waals surface area contributed by atoms with E-state index in [0.29, 0.717) is 18.5 Å². The van der Waals surface area contributed by atoms with E-state index in [1.165, 1.54) is 0 Å². The van der Waals surface area contributed by atoms with E-state index in [1.807, 2.05) is 12.1 Å². The molecule has 0 radical (unpaired) electrons. The molecule has 0 atom stereocenters. The van der Waals surface area contributed by atoms with Gasteiger partial charge in [-0.05, 0) is 24.1 Å². The Morgan fingerprint density at radius 2 is 1.96 bits per heavy atom. The van der Waals surface area contributed by atoms with Crippen LogP contribution in [-0.4, -0.2) is 23.2 Å². The summed E-state index contributed by atoms with van der Waals surface area (Å²) in [6, 6.07) is 9.35. The smallest absolute Gasteiger partial charge is 0.475 e. The lowest BCUT2D eigenvalue weighted by Gasteiger charge is -2.04. The van der Waals surface area contributed by atoms with Crippen molar-refractivity contribution in [3.8, 4) is 6.07 Å². The summed E-state index contributed by atoms with van der Waals surface area (Å²) in [4.78, 5) is 20.2. The third-order valence-corrected chi connectivity index (χ3v) is 2.55. The van der Waals surface area contributed by atoms with Crippen LogP contribution in [-0.2, 0) is 16.1 Å². The molecule has 0 aliphatic rings. The number of unbranched alkanes of at least 4 members (excludes halogenated alkanes) is 1. The monoisotopic (exact) mass is 330 g/mol. The highest BCUT2D eigenvalue weighted by molar-refractivity contribution is 5.75. The van der Waals surface area contributed by atoms with Crippen LogP contribution in [0.4, 0.5) is 13.2 Å². The van der Waals surface area contributed by atoms with Crippen molar-refractivity contribution in [3.63, 3.8) is 0 Å². The van der Waals surface area contributed by atoms with Gasteiger partial charge < -0.3 is 10.4 Å². The number of hydrogen-bond acceptors (Lipinski definition) is 3. The van der Waals surface area contributed by atoms with E-state index in [9.17, 15) is 18.0 Å². The Morgan fingerprint density at radius 1 is 1.35 bits per heavy atom. The number of carboxylic acid groups (broad SMARTS) is 1. The number of nitrogens with one attached hydrogen (secondary N) is 1. The molecule has 2 N–H and O–H groups in total. The Bertz CT molecular complexity index is 566. The fourth-order valence-corrected chi connectivity index (χ4v) is 1.38. The van der Waals surface area contributed by atoms with E-state index in [1.54, 1.807) is 12.1 Å². The lowest BCUT2D eigenvalue weighted by atomic mass is 10.1. The molecule has 8 heteroatoms. The Balaban J connectivity index is 0.000000585. The average Bonchev–Trinajstić information content (AvgIpc) is 2.50. The predicted molar refractivity (Wildman–Crippen MR) is 76.2 cm³/mol. The Kier molecular flexibility index (Phi) is 9.08. The zero-order valence-electron chi connectivity index (χ0n) is 12.5. The van der Waals surface area contributed by atoms with Crippen molar-refractivity contribution < 1.29 is 27.9 Å². The van der Waals surface area contributed by atoms with Crippen LogP contribution in [0.25, 0.3) is 0 Å². The lowest BCUT2D eigenvalue weighted by molar-refractivity contribution is -0.192. The summed E-state index contributed by atoms with van der Waals surface area (Å²) >= 11 is 0. The first kappa shape index (κ1) is 20.4. The minimum atomic E-state index is -5.08. The summed E-state index contributed by atoms with van der Waals surface area (Å²) in [5, 5.41) is 18.7. The molecule has 23 heavy (non-hydrogen) atoms. The minimum absolute atomic E-state index is 0.0733. The van der Waals surface area contributed by atoms with Crippen LogP contribution in [0.2, 0.25) is 0 Å². The molecule has 0 aromatic heterocycles. The van der Waals surface area contributed by atoms with Crippen LogP contribution in [0.3, 0.4) is 0 Å². The largest absolute Gasteiger partial charge is 0.490 e. The third kappa shape index (κ3) is 9.90. The van der Waals surface area contributed by atoms with E-state index in [4.69, 9.17) is 15.2 Å². The van der Waals surface area contributed by atoms with Crippen molar-refractivity contribution in [2.75, 3.05) is 0 Å². The van der Waals surface area contributed by atoms with Crippen LogP contribution in [0.1, 0.15) is 37.3 Å². The van der Waals surface area contributed by atoms with E-state index in [-0.39, 0.29) is 5.91 Å². The molecule has 0 bridgehead atoms. The maximum atomic E-state index is 11.4. The van der Waals surface area contributed by atoms with E-state index >= 15 is 0 Å². The molecule has 5 nitrogen and oxygen atoms in total. The molecular weight excluding hydrogens is 313 g/mol. The second kappa shape index (κ2) is 10.2. The summed E-state index contributed by atoms with van der Waals surface area (Å²) in [5.41, 5.74) is 1.59. The normalized spacial score (nSPS) is 10.0. The number of carboxylic acids is 1. The van der Waals surface area contributed by atoms with E-state index in [2.05, 4.69) is 18.3 Å². The topological polar surface area (TPSA) is 90.2 Å². The Hall–Kier alpha value is -2.56. The number of carbonyl (C=O) groups is 2. The number of benzene rings is 1. The molecule has 0 aliphatic carbocycles. The van der Waals surface area contributed by atoms with Crippen molar-refractivity contribution in [1.82, 2.24) is 5.32 Å². The summed E-state index contributed by atoms with van der Waals surface area (Å²) < 4.78 is 31.7. The number of nitriles is 1.